The van der Waals surface area contributed by atoms with Gasteiger partial charge in [-0.25, -0.2) is 0 Å². The van der Waals surface area contributed by atoms with Gasteiger partial charge >= 0.3 is 5.97 Å². The van der Waals surface area contributed by atoms with Gasteiger partial charge in [0.15, 0.2) is 0 Å². The van der Waals surface area contributed by atoms with Crippen LogP contribution in [0.15, 0.2) is 18.2 Å². The molecule has 0 atom stereocenters. The van der Waals surface area contributed by atoms with E-state index in [4.69, 9.17) is 5.11 Å². The largest absolute Gasteiger partial charge is 0.481 e. The van der Waals surface area contributed by atoms with Crippen molar-refractivity contribution in [3.05, 3.63) is 34.9 Å². The van der Waals surface area contributed by atoms with E-state index in [2.05, 4.69) is 10.6 Å². The number of amides is 1. The summed E-state index contributed by atoms with van der Waals surface area (Å²) >= 11 is 0. The Hall–Kier alpha value is -1.88. The molecule has 21 heavy (non-hydrogen) atoms. The van der Waals surface area contributed by atoms with Crippen LogP contribution in [0.5, 0.6) is 0 Å². The maximum Gasteiger partial charge on any atom is 0.305 e. The minimum atomic E-state index is -0.857. The number of fused-ring (bicyclic) bond motifs is 1. The van der Waals surface area contributed by atoms with Crippen LogP contribution in [0.3, 0.4) is 0 Å². The Morgan fingerprint density at radius 2 is 2.10 bits per heavy atom. The zero-order valence-electron chi connectivity index (χ0n) is 11.9. The van der Waals surface area contributed by atoms with Crippen LogP contribution in [0.1, 0.15) is 47.2 Å². The highest BCUT2D eigenvalue weighted by Gasteiger charge is 2.40. The second-order valence-electron chi connectivity index (χ2n) is 6.07. The SMILES string of the molecule is O=C(O)CC1(NC(=O)c2ccc3c(c2)CNCC3)CCC1. The molecule has 3 rings (SSSR count). The maximum atomic E-state index is 12.4. The number of carbonyl (C=O) groups is 2. The third-order valence-electron chi connectivity index (χ3n) is 4.53. The highest BCUT2D eigenvalue weighted by Crippen LogP contribution is 2.35. The molecule has 0 aromatic heterocycles. The molecule has 1 aliphatic carbocycles. The molecule has 0 bridgehead atoms. The van der Waals surface area contributed by atoms with E-state index in [1.54, 1.807) is 0 Å². The predicted molar refractivity (Wildman–Crippen MR) is 78.2 cm³/mol. The lowest BCUT2D eigenvalue weighted by molar-refractivity contribution is -0.139. The molecule has 1 amide bonds. The zero-order valence-corrected chi connectivity index (χ0v) is 11.9. The van der Waals surface area contributed by atoms with Gasteiger partial charge < -0.3 is 15.7 Å². The molecule has 0 saturated heterocycles. The fourth-order valence-electron chi connectivity index (χ4n) is 3.17. The van der Waals surface area contributed by atoms with Gasteiger partial charge in [0.25, 0.3) is 5.91 Å². The van der Waals surface area contributed by atoms with Gasteiger partial charge in [-0.15, -0.1) is 0 Å². The number of hydrogen-bond acceptors (Lipinski definition) is 3. The maximum absolute atomic E-state index is 12.4. The summed E-state index contributed by atoms with van der Waals surface area (Å²) in [7, 11) is 0. The van der Waals surface area contributed by atoms with E-state index in [1.165, 1.54) is 5.56 Å². The Morgan fingerprint density at radius 3 is 2.76 bits per heavy atom. The average molecular weight is 288 g/mol. The van der Waals surface area contributed by atoms with Gasteiger partial charge in [-0.2, -0.15) is 0 Å². The highest BCUT2D eigenvalue weighted by molar-refractivity contribution is 5.95. The molecule has 3 N–H and O–H groups in total. The first-order chi connectivity index (χ1) is 10.1. The van der Waals surface area contributed by atoms with Crippen LogP contribution in [-0.4, -0.2) is 29.1 Å². The second-order valence-corrected chi connectivity index (χ2v) is 6.07. The van der Waals surface area contributed by atoms with Crippen LogP contribution in [0, 0.1) is 0 Å². The van der Waals surface area contributed by atoms with E-state index in [1.807, 2.05) is 18.2 Å². The van der Waals surface area contributed by atoms with E-state index in [0.717, 1.165) is 44.3 Å². The predicted octanol–water partition coefficient (Wildman–Crippen LogP) is 1.46. The van der Waals surface area contributed by atoms with Crippen molar-refractivity contribution in [2.24, 2.45) is 0 Å². The number of benzene rings is 1. The third kappa shape index (κ3) is 2.93. The Balaban J connectivity index is 1.74. The lowest BCUT2D eigenvalue weighted by Crippen LogP contribution is -2.54. The topological polar surface area (TPSA) is 78.4 Å². The van der Waals surface area contributed by atoms with E-state index in [9.17, 15) is 9.59 Å². The van der Waals surface area contributed by atoms with E-state index < -0.39 is 11.5 Å². The molecule has 5 heteroatoms. The lowest BCUT2D eigenvalue weighted by Gasteiger charge is -2.41. The van der Waals surface area contributed by atoms with Crippen molar-refractivity contribution in [2.75, 3.05) is 6.54 Å². The standard InChI is InChI=1S/C16H20N2O3/c19-14(20)9-16(5-1-6-16)18-15(21)12-3-2-11-4-7-17-10-13(11)8-12/h2-3,8,17H,1,4-7,9-10H2,(H,18,21)(H,19,20). The molecule has 1 aromatic carbocycles. The molecular formula is C16H20N2O3. The molecule has 0 unspecified atom stereocenters. The summed E-state index contributed by atoms with van der Waals surface area (Å²) < 4.78 is 0. The molecule has 0 radical (unpaired) electrons. The van der Waals surface area contributed by atoms with Gasteiger partial charge in [-0.1, -0.05) is 6.07 Å². The minimum Gasteiger partial charge on any atom is -0.481 e. The summed E-state index contributed by atoms with van der Waals surface area (Å²) in [6.07, 6.45) is 3.46. The summed E-state index contributed by atoms with van der Waals surface area (Å²) in [5, 5.41) is 15.2. The van der Waals surface area contributed by atoms with Crippen molar-refractivity contribution in [3.8, 4) is 0 Å². The van der Waals surface area contributed by atoms with Gasteiger partial charge in [0, 0.05) is 12.1 Å². The zero-order chi connectivity index (χ0) is 14.9. The lowest BCUT2D eigenvalue weighted by atomic mass is 9.74. The fraction of sp³-hybridized carbons (Fsp3) is 0.500. The van der Waals surface area contributed by atoms with E-state index in [0.29, 0.717) is 5.56 Å². The number of nitrogens with one attached hydrogen (secondary N) is 2. The van der Waals surface area contributed by atoms with Gasteiger partial charge in [0.2, 0.25) is 0 Å². The van der Waals surface area contributed by atoms with Crippen molar-refractivity contribution >= 4 is 11.9 Å². The number of hydrogen-bond donors (Lipinski definition) is 3. The number of rotatable bonds is 4. The summed E-state index contributed by atoms with van der Waals surface area (Å²) in [5.41, 5.74) is 2.52. The molecule has 1 aromatic rings. The minimum absolute atomic E-state index is 0.00519. The van der Waals surface area contributed by atoms with Crippen LogP contribution >= 0.6 is 0 Å². The second kappa shape index (κ2) is 5.48. The molecule has 1 fully saturated rings. The normalized spacial score (nSPS) is 19.2. The van der Waals surface area contributed by atoms with Gasteiger partial charge in [-0.3, -0.25) is 9.59 Å². The van der Waals surface area contributed by atoms with E-state index in [-0.39, 0.29) is 12.3 Å². The van der Waals surface area contributed by atoms with Crippen molar-refractivity contribution < 1.29 is 14.7 Å². The van der Waals surface area contributed by atoms with Crippen molar-refractivity contribution in [1.82, 2.24) is 10.6 Å². The van der Waals surface area contributed by atoms with Crippen molar-refractivity contribution in [3.63, 3.8) is 0 Å². The Morgan fingerprint density at radius 1 is 1.29 bits per heavy atom. The summed E-state index contributed by atoms with van der Waals surface area (Å²) in [6.45, 7) is 1.76. The van der Waals surface area contributed by atoms with Crippen LogP contribution in [0.25, 0.3) is 0 Å². The molecule has 1 aliphatic heterocycles. The number of aliphatic carboxylic acids is 1. The van der Waals surface area contributed by atoms with E-state index >= 15 is 0 Å². The summed E-state index contributed by atoms with van der Waals surface area (Å²) in [4.78, 5) is 23.4. The van der Waals surface area contributed by atoms with Gasteiger partial charge in [0.05, 0.1) is 12.0 Å². The summed E-state index contributed by atoms with van der Waals surface area (Å²) in [5.74, 6) is -1.02. The Kier molecular flexibility index (Phi) is 3.68. The van der Waals surface area contributed by atoms with Gasteiger partial charge in [-0.05, 0) is 55.5 Å². The van der Waals surface area contributed by atoms with Crippen LogP contribution in [0.2, 0.25) is 0 Å². The first kappa shape index (κ1) is 14.1. The van der Waals surface area contributed by atoms with Gasteiger partial charge in [0.1, 0.15) is 0 Å². The van der Waals surface area contributed by atoms with Crippen LogP contribution in [0.4, 0.5) is 0 Å². The fourth-order valence-corrected chi connectivity index (χ4v) is 3.17. The molecule has 0 spiro atoms. The monoisotopic (exact) mass is 288 g/mol. The first-order valence-corrected chi connectivity index (χ1v) is 7.45. The van der Waals surface area contributed by atoms with Crippen molar-refractivity contribution in [1.29, 1.82) is 0 Å². The molecular weight excluding hydrogens is 268 g/mol. The quantitative estimate of drug-likeness (QED) is 0.784. The smallest absolute Gasteiger partial charge is 0.305 e. The third-order valence-corrected chi connectivity index (χ3v) is 4.53. The Bertz CT molecular complexity index is 579. The molecule has 1 saturated carbocycles. The Labute approximate surface area is 123 Å². The van der Waals surface area contributed by atoms with Crippen LogP contribution in [-0.2, 0) is 17.8 Å². The molecule has 112 valence electrons. The average Bonchev–Trinajstić information content (AvgIpc) is 2.43. The first-order valence-electron chi connectivity index (χ1n) is 7.45. The number of carboxylic acid groups (broad SMARTS) is 1. The number of carboxylic acids is 1. The highest BCUT2D eigenvalue weighted by atomic mass is 16.4. The summed E-state index contributed by atoms with van der Waals surface area (Å²) in [6, 6.07) is 5.77. The molecule has 5 nitrogen and oxygen atoms in total. The van der Waals surface area contributed by atoms with Crippen molar-refractivity contribution in [2.45, 2.75) is 44.2 Å². The molecule has 1 heterocycles. The van der Waals surface area contributed by atoms with Crippen LogP contribution < -0.4 is 10.6 Å². The number of carbonyl (C=O) groups excluding carboxylic acids is 1. The molecule has 2 aliphatic rings.